The summed E-state index contributed by atoms with van der Waals surface area (Å²) in [6, 6.07) is 4.73. The predicted molar refractivity (Wildman–Crippen MR) is 80.9 cm³/mol. The fourth-order valence-corrected chi connectivity index (χ4v) is 4.10. The Balaban J connectivity index is 1.88. The largest absolute Gasteiger partial charge is 0.481 e. The molecule has 0 radical (unpaired) electrons. The van der Waals surface area contributed by atoms with Gasteiger partial charge in [-0.1, -0.05) is 22.0 Å². The molecule has 2 rings (SSSR count). The van der Waals surface area contributed by atoms with E-state index in [-0.39, 0.29) is 17.5 Å². The molecule has 1 N–H and O–H groups in total. The second-order valence-corrected chi connectivity index (χ2v) is 6.94. The van der Waals surface area contributed by atoms with Crippen molar-refractivity contribution in [3.8, 4) is 0 Å². The number of nitro groups is 1. The number of benzene rings is 1. The number of carboxylic acid groups (broad SMARTS) is 1. The fourth-order valence-electron chi connectivity index (χ4n) is 2.01. The van der Waals surface area contributed by atoms with Gasteiger partial charge in [0.2, 0.25) is 0 Å². The van der Waals surface area contributed by atoms with Gasteiger partial charge in [-0.05, 0) is 29.6 Å². The van der Waals surface area contributed by atoms with Crippen LogP contribution >= 0.6 is 27.7 Å². The van der Waals surface area contributed by atoms with Crippen molar-refractivity contribution >= 4 is 39.3 Å². The first kappa shape index (κ1) is 15.3. The van der Waals surface area contributed by atoms with Crippen LogP contribution in [0, 0.1) is 15.5 Å². The molecule has 0 aliphatic heterocycles. The van der Waals surface area contributed by atoms with Gasteiger partial charge in [0.15, 0.2) is 0 Å². The van der Waals surface area contributed by atoms with Crippen molar-refractivity contribution in [2.24, 2.45) is 5.41 Å². The van der Waals surface area contributed by atoms with E-state index >= 15 is 0 Å². The number of aliphatic carboxylic acids is 1. The van der Waals surface area contributed by atoms with Crippen LogP contribution in [0.15, 0.2) is 22.7 Å². The van der Waals surface area contributed by atoms with Crippen molar-refractivity contribution in [2.75, 3.05) is 5.75 Å². The van der Waals surface area contributed by atoms with E-state index in [9.17, 15) is 14.9 Å². The quantitative estimate of drug-likeness (QED) is 0.590. The van der Waals surface area contributed by atoms with Gasteiger partial charge in [-0.3, -0.25) is 14.9 Å². The summed E-state index contributed by atoms with van der Waals surface area (Å²) < 4.78 is 0.724. The molecular weight excluding hydrogens is 346 g/mol. The third-order valence-corrected chi connectivity index (χ3v) is 5.47. The lowest BCUT2D eigenvalue weighted by molar-refractivity contribution is -0.384. The molecule has 7 heteroatoms. The number of non-ortho nitro benzene ring substituents is 1. The molecule has 20 heavy (non-hydrogen) atoms. The minimum Gasteiger partial charge on any atom is -0.481 e. The van der Waals surface area contributed by atoms with E-state index in [2.05, 4.69) is 15.9 Å². The molecule has 0 amide bonds. The average molecular weight is 360 g/mol. The molecule has 1 aromatic rings. The summed E-state index contributed by atoms with van der Waals surface area (Å²) in [4.78, 5) is 21.0. The maximum atomic E-state index is 10.8. The molecule has 0 spiro atoms. The van der Waals surface area contributed by atoms with Crippen molar-refractivity contribution in [3.63, 3.8) is 0 Å². The molecule has 0 atom stereocenters. The summed E-state index contributed by atoms with van der Waals surface area (Å²) in [6.07, 6.45) is 2.20. The maximum Gasteiger partial charge on any atom is 0.303 e. The molecule has 0 heterocycles. The van der Waals surface area contributed by atoms with Crippen LogP contribution in [-0.4, -0.2) is 21.8 Å². The summed E-state index contributed by atoms with van der Waals surface area (Å²) in [5.74, 6) is 0.808. The molecule has 0 aromatic heterocycles. The summed E-state index contributed by atoms with van der Waals surface area (Å²) in [5, 5.41) is 19.5. The monoisotopic (exact) mass is 359 g/mol. The van der Waals surface area contributed by atoms with Crippen LogP contribution in [0.25, 0.3) is 0 Å². The number of carboxylic acids is 1. The van der Waals surface area contributed by atoms with Gasteiger partial charge in [0, 0.05) is 22.4 Å². The Morgan fingerprint density at radius 1 is 1.50 bits per heavy atom. The number of nitro benzene ring substituents is 1. The van der Waals surface area contributed by atoms with Gasteiger partial charge >= 0.3 is 5.97 Å². The Morgan fingerprint density at radius 2 is 2.20 bits per heavy atom. The van der Waals surface area contributed by atoms with Crippen molar-refractivity contribution in [3.05, 3.63) is 38.3 Å². The van der Waals surface area contributed by atoms with E-state index in [0.717, 1.165) is 34.4 Å². The molecule has 0 unspecified atom stereocenters. The van der Waals surface area contributed by atoms with Crippen LogP contribution < -0.4 is 0 Å². The van der Waals surface area contributed by atoms with E-state index in [1.165, 1.54) is 12.1 Å². The molecule has 5 nitrogen and oxygen atoms in total. The van der Waals surface area contributed by atoms with Crippen LogP contribution in [0.4, 0.5) is 5.69 Å². The Hall–Kier alpha value is -1.08. The second kappa shape index (κ2) is 6.13. The zero-order chi connectivity index (χ0) is 14.8. The SMILES string of the molecule is O=C(O)CC1(CSCc2ccc([N+](=O)[O-])cc2Br)CC1. The lowest BCUT2D eigenvalue weighted by Crippen LogP contribution is -2.11. The Kier molecular flexibility index (Phi) is 4.70. The first-order valence-electron chi connectivity index (χ1n) is 6.14. The second-order valence-electron chi connectivity index (χ2n) is 5.10. The number of hydrogen-bond acceptors (Lipinski definition) is 4. The number of thioether (sulfide) groups is 1. The number of nitrogens with zero attached hydrogens (tertiary/aromatic N) is 1. The minimum absolute atomic E-state index is 0.0241. The van der Waals surface area contributed by atoms with E-state index < -0.39 is 10.9 Å². The fraction of sp³-hybridized carbons (Fsp3) is 0.462. The van der Waals surface area contributed by atoms with Crippen molar-refractivity contribution in [1.29, 1.82) is 0 Å². The van der Waals surface area contributed by atoms with Crippen LogP contribution in [0.5, 0.6) is 0 Å². The molecule has 0 saturated heterocycles. The molecule has 1 aromatic carbocycles. The molecule has 1 fully saturated rings. The van der Waals surface area contributed by atoms with Gasteiger partial charge < -0.3 is 5.11 Å². The lowest BCUT2D eigenvalue weighted by atomic mass is 10.1. The highest BCUT2D eigenvalue weighted by atomic mass is 79.9. The zero-order valence-electron chi connectivity index (χ0n) is 10.7. The smallest absolute Gasteiger partial charge is 0.303 e. The average Bonchev–Trinajstić information content (AvgIpc) is 3.10. The summed E-state index contributed by atoms with van der Waals surface area (Å²) >= 11 is 5.02. The highest BCUT2D eigenvalue weighted by molar-refractivity contribution is 9.10. The van der Waals surface area contributed by atoms with Crippen LogP contribution in [0.2, 0.25) is 0 Å². The molecule has 108 valence electrons. The van der Waals surface area contributed by atoms with E-state index in [1.807, 2.05) is 0 Å². The molecule has 1 aliphatic rings. The van der Waals surface area contributed by atoms with Gasteiger partial charge in [0.25, 0.3) is 5.69 Å². The lowest BCUT2D eigenvalue weighted by Gasteiger charge is -2.12. The van der Waals surface area contributed by atoms with Crippen LogP contribution in [0.3, 0.4) is 0 Å². The number of carbonyl (C=O) groups is 1. The van der Waals surface area contributed by atoms with Gasteiger partial charge in [-0.2, -0.15) is 11.8 Å². The third kappa shape index (κ3) is 3.96. The Morgan fingerprint density at radius 3 is 2.70 bits per heavy atom. The highest BCUT2D eigenvalue weighted by Crippen LogP contribution is 2.51. The molecular formula is C13H14BrNO4S. The van der Waals surface area contributed by atoms with Gasteiger partial charge in [0.1, 0.15) is 0 Å². The molecule has 1 saturated carbocycles. The number of hydrogen-bond donors (Lipinski definition) is 1. The predicted octanol–water partition coefficient (Wildman–Crippen LogP) is 3.85. The molecule has 0 bridgehead atoms. The van der Waals surface area contributed by atoms with Crippen LogP contribution in [0.1, 0.15) is 24.8 Å². The van der Waals surface area contributed by atoms with E-state index in [0.29, 0.717) is 0 Å². The molecule has 1 aliphatic carbocycles. The maximum absolute atomic E-state index is 10.8. The van der Waals surface area contributed by atoms with Crippen LogP contribution in [-0.2, 0) is 10.5 Å². The normalized spacial score (nSPS) is 15.8. The standard InChI is InChI=1S/C13H14BrNO4S/c14-11-5-10(15(18)19)2-1-9(11)7-20-8-13(3-4-13)6-12(16)17/h1-2,5H,3-4,6-8H2,(H,16,17). The minimum atomic E-state index is -0.736. The topological polar surface area (TPSA) is 80.4 Å². The van der Waals surface area contributed by atoms with E-state index in [1.54, 1.807) is 17.8 Å². The Bertz CT molecular complexity index is 545. The number of rotatable bonds is 7. The summed E-state index contributed by atoms with van der Waals surface area (Å²) in [7, 11) is 0. The first-order valence-corrected chi connectivity index (χ1v) is 8.09. The number of halogens is 1. The summed E-state index contributed by atoms with van der Waals surface area (Å²) in [5.41, 5.74) is 1.03. The zero-order valence-corrected chi connectivity index (χ0v) is 13.1. The van der Waals surface area contributed by atoms with Gasteiger partial charge in [-0.15, -0.1) is 0 Å². The third-order valence-electron chi connectivity index (χ3n) is 3.40. The summed E-state index contributed by atoms with van der Waals surface area (Å²) in [6.45, 7) is 0. The first-order chi connectivity index (χ1) is 9.42. The van der Waals surface area contributed by atoms with Crippen molar-refractivity contribution in [1.82, 2.24) is 0 Å². The Labute approximate surface area is 129 Å². The van der Waals surface area contributed by atoms with Crippen molar-refractivity contribution < 1.29 is 14.8 Å². The van der Waals surface area contributed by atoms with Crippen molar-refractivity contribution in [2.45, 2.75) is 25.0 Å². The van der Waals surface area contributed by atoms with Gasteiger partial charge in [0.05, 0.1) is 11.3 Å². The van der Waals surface area contributed by atoms with E-state index in [4.69, 9.17) is 5.11 Å². The van der Waals surface area contributed by atoms with Gasteiger partial charge in [-0.25, -0.2) is 0 Å². The highest BCUT2D eigenvalue weighted by Gasteiger charge is 2.44.